The molecular formula is C19H25N3O6. The van der Waals surface area contributed by atoms with Crippen molar-refractivity contribution >= 4 is 23.3 Å². The third-order valence-electron chi connectivity index (χ3n) is 5.13. The van der Waals surface area contributed by atoms with Gasteiger partial charge in [-0.05, 0) is 31.9 Å². The molecule has 9 nitrogen and oxygen atoms in total. The minimum absolute atomic E-state index is 0.104. The average Bonchev–Trinajstić information content (AvgIpc) is 3.21. The first-order valence-electron chi connectivity index (χ1n) is 9.58. The van der Waals surface area contributed by atoms with Gasteiger partial charge in [-0.25, -0.2) is 4.79 Å². The van der Waals surface area contributed by atoms with Crippen molar-refractivity contribution in [2.45, 2.75) is 44.8 Å². The Hall–Kier alpha value is -2.68. The number of carbonyl (C=O) groups excluding carboxylic acids is 2. The van der Waals surface area contributed by atoms with Crippen LogP contribution < -0.4 is 10.2 Å². The zero-order chi connectivity index (χ0) is 20.1. The van der Waals surface area contributed by atoms with E-state index in [4.69, 9.17) is 9.47 Å². The summed E-state index contributed by atoms with van der Waals surface area (Å²) in [5.74, 6) is -1.26. The number of nitro groups is 1. The van der Waals surface area contributed by atoms with Crippen LogP contribution in [0, 0.1) is 10.1 Å². The lowest BCUT2D eigenvalue weighted by Crippen LogP contribution is -2.41. The van der Waals surface area contributed by atoms with Crippen molar-refractivity contribution in [1.29, 1.82) is 0 Å². The first-order chi connectivity index (χ1) is 13.5. The molecule has 0 spiro atoms. The number of nitrogens with one attached hydrogen (secondary N) is 1. The lowest BCUT2D eigenvalue weighted by Gasteiger charge is -2.29. The van der Waals surface area contributed by atoms with Crippen molar-refractivity contribution in [3.8, 4) is 0 Å². The van der Waals surface area contributed by atoms with Crippen LogP contribution in [0.25, 0.3) is 0 Å². The molecule has 1 heterocycles. The fourth-order valence-corrected chi connectivity index (χ4v) is 3.53. The molecule has 1 atom stereocenters. The number of nitrogens with zero attached hydrogens (tertiary/aromatic N) is 2. The molecule has 1 aromatic carbocycles. The normalized spacial score (nSPS) is 18.5. The number of nitro benzene ring substituents is 1. The van der Waals surface area contributed by atoms with Crippen molar-refractivity contribution < 1.29 is 24.0 Å². The molecule has 1 saturated carbocycles. The van der Waals surface area contributed by atoms with Gasteiger partial charge in [0.1, 0.15) is 5.56 Å². The summed E-state index contributed by atoms with van der Waals surface area (Å²) in [4.78, 5) is 37.6. The van der Waals surface area contributed by atoms with Gasteiger partial charge in [0.2, 0.25) is 0 Å². The second-order valence-electron chi connectivity index (χ2n) is 7.10. The number of esters is 1. The Morgan fingerprint density at radius 2 is 1.96 bits per heavy atom. The van der Waals surface area contributed by atoms with Gasteiger partial charge in [0.15, 0.2) is 6.10 Å². The van der Waals surface area contributed by atoms with Crippen LogP contribution in [0.3, 0.4) is 0 Å². The lowest BCUT2D eigenvalue weighted by molar-refractivity contribution is -0.385. The van der Waals surface area contributed by atoms with E-state index in [2.05, 4.69) is 5.32 Å². The van der Waals surface area contributed by atoms with Gasteiger partial charge in [-0.2, -0.15) is 0 Å². The number of hydrogen-bond acceptors (Lipinski definition) is 7. The molecule has 1 aliphatic carbocycles. The Bertz CT molecular complexity index is 741. The highest BCUT2D eigenvalue weighted by Gasteiger charge is 2.28. The van der Waals surface area contributed by atoms with Crippen LogP contribution >= 0.6 is 0 Å². The van der Waals surface area contributed by atoms with Crippen LogP contribution in [-0.2, 0) is 14.3 Å². The molecule has 3 rings (SSSR count). The van der Waals surface area contributed by atoms with Crippen molar-refractivity contribution in [3.05, 3.63) is 33.9 Å². The van der Waals surface area contributed by atoms with Crippen LogP contribution in [0.2, 0.25) is 0 Å². The van der Waals surface area contributed by atoms with E-state index < -0.39 is 17.0 Å². The molecule has 1 aliphatic heterocycles. The largest absolute Gasteiger partial charge is 0.449 e. The molecule has 1 saturated heterocycles. The van der Waals surface area contributed by atoms with E-state index in [1.54, 1.807) is 6.07 Å². The van der Waals surface area contributed by atoms with Crippen molar-refractivity contribution in [1.82, 2.24) is 5.32 Å². The summed E-state index contributed by atoms with van der Waals surface area (Å²) in [5.41, 5.74) is 0.184. The molecule has 28 heavy (non-hydrogen) atoms. The van der Waals surface area contributed by atoms with E-state index in [-0.39, 0.29) is 23.2 Å². The number of amides is 1. The smallest absolute Gasteiger partial charge is 0.346 e. The first-order valence-corrected chi connectivity index (χ1v) is 9.58. The summed E-state index contributed by atoms with van der Waals surface area (Å²) >= 11 is 0. The summed E-state index contributed by atoms with van der Waals surface area (Å²) in [5, 5.41) is 14.2. The van der Waals surface area contributed by atoms with Gasteiger partial charge >= 0.3 is 5.97 Å². The Balaban J connectivity index is 1.72. The molecule has 0 radical (unpaired) electrons. The summed E-state index contributed by atoms with van der Waals surface area (Å²) < 4.78 is 10.6. The third-order valence-corrected chi connectivity index (χ3v) is 5.13. The Kier molecular flexibility index (Phi) is 6.45. The van der Waals surface area contributed by atoms with Gasteiger partial charge in [0, 0.05) is 30.9 Å². The minimum Gasteiger partial charge on any atom is -0.449 e. The van der Waals surface area contributed by atoms with Crippen LogP contribution in [0.1, 0.15) is 43.0 Å². The molecule has 1 amide bonds. The second kappa shape index (κ2) is 9.01. The van der Waals surface area contributed by atoms with Crippen LogP contribution in [0.4, 0.5) is 11.4 Å². The predicted molar refractivity (Wildman–Crippen MR) is 101 cm³/mol. The van der Waals surface area contributed by atoms with Crippen LogP contribution in [-0.4, -0.2) is 55.2 Å². The summed E-state index contributed by atoms with van der Waals surface area (Å²) in [6.45, 7) is 3.84. The molecule has 152 valence electrons. The molecule has 0 aromatic heterocycles. The van der Waals surface area contributed by atoms with E-state index in [0.717, 1.165) is 25.7 Å². The predicted octanol–water partition coefficient (Wildman–Crippen LogP) is 2.04. The topological polar surface area (TPSA) is 111 Å². The Morgan fingerprint density at radius 3 is 2.61 bits per heavy atom. The zero-order valence-electron chi connectivity index (χ0n) is 15.9. The maximum atomic E-state index is 12.6. The maximum absolute atomic E-state index is 12.6. The Morgan fingerprint density at radius 1 is 1.29 bits per heavy atom. The number of benzene rings is 1. The fraction of sp³-hybridized carbons (Fsp3) is 0.579. The van der Waals surface area contributed by atoms with Gasteiger partial charge in [-0.15, -0.1) is 0 Å². The highest BCUT2D eigenvalue weighted by atomic mass is 16.6. The number of rotatable bonds is 6. The van der Waals surface area contributed by atoms with Gasteiger partial charge in [0.25, 0.3) is 11.6 Å². The van der Waals surface area contributed by atoms with E-state index >= 15 is 0 Å². The molecule has 2 aliphatic rings. The minimum atomic E-state index is -1.03. The van der Waals surface area contributed by atoms with E-state index in [0.29, 0.717) is 32.0 Å². The number of morpholine rings is 1. The summed E-state index contributed by atoms with van der Waals surface area (Å²) in [7, 11) is 0. The molecular weight excluding hydrogens is 366 g/mol. The maximum Gasteiger partial charge on any atom is 0.346 e. The number of carbonyl (C=O) groups is 2. The zero-order valence-corrected chi connectivity index (χ0v) is 15.9. The van der Waals surface area contributed by atoms with Gasteiger partial charge in [-0.3, -0.25) is 14.9 Å². The Labute approximate surface area is 163 Å². The van der Waals surface area contributed by atoms with Gasteiger partial charge in [0.05, 0.1) is 18.1 Å². The highest BCUT2D eigenvalue weighted by molar-refractivity contribution is 5.97. The third kappa shape index (κ3) is 4.78. The molecule has 0 bridgehead atoms. The van der Waals surface area contributed by atoms with E-state index in [9.17, 15) is 19.7 Å². The monoisotopic (exact) mass is 391 g/mol. The highest BCUT2D eigenvalue weighted by Crippen LogP contribution is 2.27. The average molecular weight is 391 g/mol. The van der Waals surface area contributed by atoms with Crippen molar-refractivity contribution in [3.63, 3.8) is 0 Å². The van der Waals surface area contributed by atoms with E-state index in [1.165, 1.54) is 19.1 Å². The number of anilines is 1. The number of hydrogen-bond donors (Lipinski definition) is 1. The lowest BCUT2D eigenvalue weighted by atomic mass is 10.1. The van der Waals surface area contributed by atoms with Crippen molar-refractivity contribution in [2.24, 2.45) is 0 Å². The van der Waals surface area contributed by atoms with E-state index in [1.807, 2.05) is 4.90 Å². The van der Waals surface area contributed by atoms with Crippen LogP contribution in [0.15, 0.2) is 18.2 Å². The standard InChI is InChI=1S/C19H25N3O6/c1-13(18(23)20-14-4-2-3-5-14)28-19(24)16-12-15(6-7-17(16)22(25)26)21-8-10-27-11-9-21/h6-7,12-14H,2-5,8-11H2,1H3,(H,20,23). The first kappa shape index (κ1) is 20.1. The van der Waals surface area contributed by atoms with Crippen molar-refractivity contribution in [2.75, 3.05) is 31.2 Å². The molecule has 1 aromatic rings. The van der Waals surface area contributed by atoms with Gasteiger partial charge in [-0.1, -0.05) is 12.8 Å². The fourth-order valence-electron chi connectivity index (χ4n) is 3.53. The van der Waals surface area contributed by atoms with Crippen LogP contribution in [0.5, 0.6) is 0 Å². The summed E-state index contributed by atoms with van der Waals surface area (Å²) in [6, 6.07) is 4.46. The quantitative estimate of drug-likeness (QED) is 0.449. The molecule has 1 unspecified atom stereocenters. The number of ether oxygens (including phenoxy) is 2. The summed E-state index contributed by atoms with van der Waals surface area (Å²) in [6.07, 6.45) is 2.94. The molecule has 9 heteroatoms. The van der Waals surface area contributed by atoms with Gasteiger partial charge < -0.3 is 19.7 Å². The second-order valence-corrected chi connectivity index (χ2v) is 7.10. The molecule has 1 N–H and O–H groups in total. The molecule has 2 fully saturated rings. The SMILES string of the molecule is CC(OC(=O)c1cc(N2CCOCC2)ccc1[N+](=O)[O-])C(=O)NC1CCCC1.